The van der Waals surface area contributed by atoms with Gasteiger partial charge in [-0.15, -0.1) is 0 Å². The van der Waals surface area contributed by atoms with E-state index in [4.69, 9.17) is 14.4 Å². The number of rotatable bonds is 0. The number of para-hydroxylation sites is 1. The van der Waals surface area contributed by atoms with Gasteiger partial charge in [0.2, 0.25) is 5.75 Å². The molecule has 1 aliphatic rings. The summed E-state index contributed by atoms with van der Waals surface area (Å²) in [7, 11) is 1.72. The monoisotopic (exact) mass is 156 g/mol. The molecule has 2 rings (SSSR count). The molecule has 0 saturated heterocycles. The normalized spacial score (nSPS) is 10.0. The van der Waals surface area contributed by atoms with Crippen molar-refractivity contribution >= 4 is 9.12 Å². The predicted octanol–water partition coefficient (Wildman–Crippen LogP) is 1.97. The molecule has 0 spiro atoms. The van der Waals surface area contributed by atoms with Gasteiger partial charge >= 0.3 is 0 Å². The lowest BCUT2D eigenvalue weighted by Crippen LogP contribution is -1.50. The Kier molecular flexibility index (Phi) is 1.88. The second-order valence-electron chi connectivity index (χ2n) is 1.71. The summed E-state index contributed by atoms with van der Waals surface area (Å²) in [6, 6.07) is 5.17. The van der Waals surface area contributed by atoms with Crippen LogP contribution in [-0.2, 0) is 4.57 Å². The minimum atomic E-state index is 0.238. The molecule has 1 aromatic rings. The Balaban J connectivity index is 0.000000231. The van der Waals surface area contributed by atoms with Gasteiger partial charge in [-0.05, 0) is 12.1 Å². The van der Waals surface area contributed by atoms with Crippen LogP contribution in [0.15, 0.2) is 18.2 Å². The van der Waals surface area contributed by atoms with Crippen LogP contribution in [0.5, 0.6) is 17.2 Å². The maximum atomic E-state index is 8.85. The summed E-state index contributed by atoms with van der Waals surface area (Å²) in [4.78, 5) is 0. The highest BCUT2D eigenvalue weighted by atomic mass is 31.0. The summed E-state index contributed by atoms with van der Waals surface area (Å²) in [5.74, 6) is 1.67. The minimum Gasteiger partial charge on any atom is -0.504 e. The number of aromatic hydroxyl groups is 1. The van der Waals surface area contributed by atoms with Gasteiger partial charge in [-0.2, -0.15) is 0 Å². The van der Waals surface area contributed by atoms with Crippen molar-refractivity contribution in [3.63, 3.8) is 0 Å². The van der Waals surface area contributed by atoms with Crippen LogP contribution < -0.4 is 4.74 Å². The van der Waals surface area contributed by atoms with Crippen LogP contribution >= 0.6 is 9.12 Å². The fourth-order valence-electron chi connectivity index (χ4n) is 0.675. The number of phenolic OH excluding ortho intramolecular Hbond substituents is 1. The van der Waals surface area contributed by atoms with Crippen molar-refractivity contribution in [3.05, 3.63) is 18.2 Å². The number of fused-ring (bicyclic) bond motifs is 1. The third-order valence-electron chi connectivity index (χ3n) is 1.13. The van der Waals surface area contributed by atoms with Gasteiger partial charge in [0, 0.05) is 0 Å². The summed E-state index contributed by atoms with van der Waals surface area (Å²) in [6.07, 6.45) is 0. The van der Waals surface area contributed by atoms with E-state index in [0.717, 1.165) is 5.75 Å². The molecule has 52 valence electrons. The fourth-order valence-corrected chi connectivity index (χ4v) is 0.675. The Morgan fingerprint density at radius 1 is 1.40 bits per heavy atom. The molecule has 0 radical (unpaired) electrons. The van der Waals surface area contributed by atoms with Gasteiger partial charge < -0.3 is 9.84 Å². The first kappa shape index (κ1) is 7.03. The van der Waals surface area contributed by atoms with Gasteiger partial charge in [0.05, 0.1) is 0 Å². The topological polar surface area (TPSA) is 49.8 Å². The minimum absolute atomic E-state index is 0.238. The lowest BCUT2D eigenvalue weighted by Gasteiger charge is -1.77. The number of benzene rings is 1. The number of hydrogen-bond donors (Lipinski definition) is 1. The van der Waals surface area contributed by atoms with Crippen LogP contribution in [0.1, 0.15) is 0 Å². The highest BCUT2D eigenvalue weighted by Crippen LogP contribution is 2.51. The molecular formula is C6H5O3P. The first-order valence-corrected chi connectivity index (χ1v) is 2.99. The highest BCUT2D eigenvalue weighted by molar-refractivity contribution is 7.00. The van der Waals surface area contributed by atoms with Crippen molar-refractivity contribution < 1.29 is 14.4 Å². The van der Waals surface area contributed by atoms with Crippen LogP contribution in [0.3, 0.4) is 0 Å². The van der Waals surface area contributed by atoms with E-state index in [0.29, 0.717) is 5.75 Å². The van der Waals surface area contributed by atoms with Crippen LogP contribution in [0, 0.1) is 0 Å². The lowest BCUT2D eigenvalue weighted by molar-refractivity contribution is 0.463. The van der Waals surface area contributed by atoms with Gasteiger partial charge in [0.25, 0.3) is 0 Å². The third kappa shape index (κ3) is 1.09. The molecule has 1 aliphatic heterocycles. The van der Waals surface area contributed by atoms with Crippen molar-refractivity contribution in [2.75, 3.05) is 0 Å². The Morgan fingerprint density at radius 3 is 2.60 bits per heavy atom. The Hall–Kier alpha value is -1.08. The standard InChI is InChI=1S/C6H4O2.HOP/c7-4-2-1-3-5-6(4)8-5;1-2/h1-3,7H;2H. The van der Waals surface area contributed by atoms with Crippen molar-refractivity contribution in [1.82, 2.24) is 0 Å². The van der Waals surface area contributed by atoms with Gasteiger partial charge in [-0.25, -0.2) is 0 Å². The molecule has 0 fully saturated rings. The SMILES string of the molecule is O=P.Oc1cccc2c1O2. The van der Waals surface area contributed by atoms with Crippen molar-refractivity contribution in [2.24, 2.45) is 0 Å². The van der Waals surface area contributed by atoms with Crippen molar-refractivity contribution in [2.45, 2.75) is 0 Å². The van der Waals surface area contributed by atoms with Gasteiger partial charge in [0.15, 0.2) is 11.5 Å². The molecule has 10 heavy (non-hydrogen) atoms. The van der Waals surface area contributed by atoms with E-state index >= 15 is 0 Å². The van der Waals surface area contributed by atoms with E-state index in [1.54, 1.807) is 21.3 Å². The van der Waals surface area contributed by atoms with Gasteiger partial charge in [0.1, 0.15) is 9.12 Å². The fraction of sp³-hybridized carbons (Fsp3) is 0. The number of phenols is 1. The van der Waals surface area contributed by atoms with E-state index in [-0.39, 0.29) is 5.75 Å². The smallest absolute Gasteiger partial charge is 0.211 e. The van der Waals surface area contributed by atoms with Crippen LogP contribution in [0.2, 0.25) is 0 Å². The first-order valence-electron chi connectivity index (χ1n) is 2.58. The Bertz CT molecular complexity index is 249. The molecule has 3 nitrogen and oxygen atoms in total. The van der Waals surface area contributed by atoms with Crippen LogP contribution in [-0.4, -0.2) is 5.11 Å². The lowest BCUT2D eigenvalue weighted by atomic mass is 10.3. The molecule has 4 heteroatoms. The average Bonchev–Trinajstić information content (AvgIpc) is 2.72. The van der Waals surface area contributed by atoms with Crippen LogP contribution in [0.25, 0.3) is 0 Å². The first-order chi connectivity index (χ1) is 4.88. The molecule has 1 heterocycles. The van der Waals surface area contributed by atoms with E-state index < -0.39 is 0 Å². The van der Waals surface area contributed by atoms with Gasteiger partial charge in [-0.1, -0.05) is 6.07 Å². The largest absolute Gasteiger partial charge is 0.504 e. The summed E-state index contributed by atoms with van der Waals surface area (Å²) in [5.41, 5.74) is 0. The van der Waals surface area contributed by atoms with Gasteiger partial charge in [-0.3, -0.25) is 4.57 Å². The maximum absolute atomic E-state index is 8.85. The molecular weight excluding hydrogens is 151 g/mol. The Labute approximate surface area is 59.9 Å². The zero-order chi connectivity index (χ0) is 7.56. The quantitative estimate of drug-likeness (QED) is 0.468. The number of ether oxygens (including phenoxy) is 1. The molecule has 0 aromatic heterocycles. The van der Waals surface area contributed by atoms with E-state index in [1.165, 1.54) is 0 Å². The molecule has 0 bridgehead atoms. The van der Waals surface area contributed by atoms with Crippen molar-refractivity contribution in [1.29, 1.82) is 0 Å². The van der Waals surface area contributed by atoms with E-state index in [1.807, 2.05) is 6.07 Å². The summed E-state index contributed by atoms with van der Waals surface area (Å²) >= 11 is 0. The maximum Gasteiger partial charge on any atom is 0.211 e. The molecule has 0 saturated carbocycles. The zero-order valence-corrected chi connectivity index (χ0v) is 6.00. The Morgan fingerprint density at radius 2 is 2.10 bits per heavy atom. The van der Waals surface area contributed by atoms with Crippen molar-refractivity contribution in [3.8, 4) is 17.2 Å². The number of hydrogen-bond acceptors (Lipinski definition) is 3. The third-order valence-corrected chi connectivity index (χ3v) is 1.13. The molecule has 1 N–H and O–H groups in total. The highest BCUT2D eigenvalue weighted by Gasteiger charge is 2.22. The molecule has 1 aromatic carbocycles. The van der Waals surface area contributed by atoms with Crippen LogP contribution in [0.4, 0.5) is 0 Å². The summed E-state index contributed by atoms with van der Waals surface area (Å²) in [6.45, 7) is 0. The molecule has 0 aliphatic carbocycles. The summed E-state index contributed by atoms with van der Waals surface area (Å²) < 4.78 is 12.9. The summed E-state index contributed by atoms with van der Waals surface area (Å²) in [5, 5.41) is 8.85. The predicted molar refractivity (Wildman–Crippen MR) is 37.2 cm³/mol. The molecule has 0 atom stereocenters. The zero-order valence-electron chi connectivity index (χ0n) is 5.00. The molecule has 0 unspecified atom stereocenters. The van der Waals surface area contributed by atoms with E-state index in [2.05, 4.69) is 0 Å². The second kappa shape index (κ2) is 2.67. The second-order valence-corrected chi connectivity index (χ2v) is 1.71. The average molecular weight is 156 g/mol. The van der Waals surface area contributed by atoms with E-state index in [9.17, 15) is 0 Å². The molecule has 0 amide bonds.